The third kappa shape index (κ3) is 3.98. The molecule has 1 rings (SSSR count). The molecule has 0 radical (unpaired) electrons. The van der Waals surface area contributed by atoms with Crippen molar-refractivity contribution in [1.29, 1.82) is 0 Å². The molecule has 1 nitrogen and oxygen atoms in total. The van der Waals surface area contributed by atoms with E-state index >= 15 is 0 Å². The number of nitrogens with zero attached hydrogens (tertiary/aromatic N) is 1. The molecule has 0 amide bonds. The molecule has 18 heavy (non-hydrogen) atoms. The fourth-order valence-electron chi connectivity index (χ4n) is 3.71. The zero-order valence-corrected chi connectivity index (χ0v) is 13.8. The second kappa shape index (κ2) is 5.94. The maximum absolute atomic E-state index is 2.70. The first-order chi connectivity index (χ1) is 8.19. The Hall–Kier alpha value is -0.0400. The average Bonchev–Trinajstić information content (AvgIpc) is 2.27. The van der Waals surface area contributed by atoms with Crippen LogP contribution in [0.3, 0.4) is 0 Å². The summed E-state index contributed by atoms with van der Waals surface area (Å²) in [5, 5.41) is 0. The lowest BCUT2D eigenvalue weighted by Gasteiger charge is -2.46. The number of likely N-dealkylation sites (tertiary alicyclic amines) is 1. The van der Waals surface area contributed by atoms with Crippen LogP contribution in [0.4, 0.5) is 0 Å². The third-order valence-electron chi connectivity index (χ3n) is 5.26. The lowest BCUT2D eigenvalue weighted by Crippen LogP contribution is -2.49. The highest BCUT2D eigenvalue weighted by Crippen LogP contribution is 2.41. The van der Waals surface area contributed by atoms with Crippen molar-refractivity contribution in [3.05, 3.63) is 0 Å². The fraction of sp³-hybridized carbons (Fsp3) is 1.00. The van der Waals surface area contributed by atoms with Crippen molar-refractivity contribution in [3.63, 3.8) is 0 Å². The standard InChI is InChI=1S/C17H35N/c1-8-17(6,7)18-11-9-15(10-12-18)16(4,5)13-14(2)3/h14-15H,8-13H2,1-7H3. The monoisotopic (exact) mass is 253 g/mol. The minimum atomic E-state index is 0.396. The largest absolute Gasteiger partial charge is 0.298 e. The van der Waals surface area contributed by atoms with Crippen molar-refractivity contribution in [1.82, 2.24) is 4.90 Å². The molecule has 1 saturated heterocycles. The van der Waals surface area contributed by atoms with Crippen molar-refractivity contribution in [2.45, 2.75) is 79.7 Å². The zero-order chi connectivity index (χ0) is 14.0. The molecule has 1 heterocycles. The molecule has 0 aromatic carbocycles. The lowest BCUT2D eigenvalue weighted by molar-refractivity contribution is 0.0301. The van der Waals surface area contributed by atoms with Gasteiger partial charge in [0.15, 0.2) is 0 Å². The Kier molecular flexibility index (Phi) is 5.29. The number of hydrogen-bond donors (Lipinski definition) is 0. The van der Waals surface area contributed by atoms with Crippen LogP contribution in [0, 0.1) is 17.3 Å². The Labute approximate surface area is 115 Å². The summed E-state index contributed by atoms with van der Waals surface area (Å²) >= 11 is 0. The highest BCUT2D eigenvalue weighted by molar-refractivity contribution is 4.89. The molecule has 1 fully saturated rings. The van der Waals surface area contributed by atoms with E-state index in [0.29, 0.717) is 11.0 Å². The zero-order valence-electron chi connectivity index (χ0n) is 13.8. The van der Waals surface area contributed by atoms with Gasteiger partial charge < -0.3 is 0 Å². The van der Waals surface area contributed by atoms with Gasteiger partial charge in [0.2, 0.25) is 0 Å². The first-order valence-corrected chi connectivity index (χ1v) is 7.94. The van der Waals surface area contributed by atoms with Gasteiger partial charge in [-0.05, 0) is 69.9 Å². The summed E-state index contributed by atoms with van der Waals surface area (Å²) in [5.74, 6) is 1.74. The van der Waals surface area contributed by atoms with E-state index in [1.165, 1.54) is 38.8 Å². The molecular formula is C17H35N. The number of rotatable bonds is 5. The first-order valence-electron chi connectivity index (χ1n) is 7.94. The Balaban J connectivity index is 2.53. The van der Waals surface area contributed by atoms with Crippen LogP contribution in [-0.2, 0) is 0 Å². The van der Waals surface area contributed by atoms with Gasteiger partial charge in [-0.15, -0.1) is 0 Å². The SMILES string of the molecule is CCC(C)(C)N1CCC(C(C)(C)CC(C)C)CC1. The van der Waals surface area contributed by atoms with E-state index < -0.39 is 0 Å². The van der Waals surface area contributed by atoms with E-state index in [1.807, 2.05) is 0 Å². The first kappa shape index (κ1) is 16.0. The van der Waals surface area contributed by atoms with Gasteiger partial charge in [0.1, 0.15) is 0 Å². The molecule has 0 spiro atoms. The van der Waals surface area contributed by atoms with E-state index in [4.69, 9.17) is 0 Å². The second-order valence-corrected chi connectivity index (χ2v) is 8.01. The van der Waals surface area contributed by atoms with Crippen LogP contribution >= 0.6 is 0 Å². The molecular weight excluding hydrogens is 218 g/mol. The normalized spacial score (nSPS) is 20.7. The van der Waals surface area contributed by atoms with Gasteiger partial charge in [0.25, 0.3) is 0 Å². The smallest absolute Gasteiger partial charge is 0.0150 e. The summed E-state index contributed by atoms with van der Waals surface area (Å²) in [6.45, 7) is 19.4. The summed E-state index contributed by atoms with van der Waals surface area (Å²) in [6.07, 6.45) is 5.41. The van der Waals surface area contributed by atoms with Crippen LogP contribution < -0.4 is 0 Å². The highest BCUT2D eigenvalue weighted by Gasteiger charge is 2.35. The number of hydrogen-bond acceptors (Lipinski definition) is 1. The van der Waals surface area contributed by atoms with Gasteiger partial charge in [0.05, 0.1) is 0 Å². The van der Waals surface area contributed by atoms with Gasteiger partial charge in [-0.25, -0.2) is 0 Å². The minimum Gasteiger partial charge on any atom is -0.298 e. The molecule has 0 bridgehead atoms. The topological polar surface area (TPSA) is 3.24 Å². The van der Waals surface area contributed by atoms with Gasteiger partial charge in [-0.1, -0.05) is 34.6 Å². The molecule has 0 N–H and O–H groups in total. The Morgan fingerprint density at radius 2 is 1.56 bits per heavy atom. The van der Waals surface area contributed by atoms with Gasteiger partial charge in [0, 0.05) is 5.54 Å². The van der Waals surface area contributed by atoms with E-state index in [0.717, 1.165) is 11.8 Å². The van der Waals surface area contributed by atoms with Crippen LogP contribution in [0.15, 0.2) is 0 Å². The molecule has 1 aliphatic heterocycles. The van der Waals surface area contributed by atoms with E-state index in [-0.39, 0.29) is 0 Å². The van der Waals surface area contributed by atoms with Crippen LogP contribution in [-0.4, -0.2) is 23.5 Å². The van der Waals surface area contributed by atoms with Gasteiger partial charge in [-0.3, -0.25) is 4.90 Å². The average molecular weight is 253 g/mol. The second-order valence-electron chi connectivity index (χ2n) is 8.01. The molecule has 0 saturated carbocycles. The van der Waals surface area contributed by atoms with E-state index in [9.17, 15) is 0 Å². The molecule has 1 heteroatoms. The summed E-state index contributed by atoms with van der Waals surface area (Å²) in [4.78, 5) is 2.70. The van der Waals surface area contributed by atoms with Crippen molar-refractivity contribution in [2.75, 3.05) is 13.1 Å². The fourth-order valence-corrected chi connectivity index (χ4v) is 3.71. The Morgan fingerprint density at radius 1 is 1.06 bits per heavy atom. The van der Waals surface area contributed by atoms with E-state index in [2.05, 4.69) is 53.4 Å². The quantitative estimate of drug-likeness (QED) is 0.669. The molecule has 108 valence electrons. The summed E-state index contributed by atoms with van der Waals surface area (Å²) in [7, 11) is 0. The molecule has 0 aliphatic carbocycles. The Morgan fingerprint density at radius 3 is 1.94 bits per heavy atom. The molecule has 1 aliphatic rings. The van der Waals surface area contributed by atoms with Crippen molar-refractivity contribution in [3.8, 4) is 0 Å². The lowest BCUT2D eigenvalue weighted by atomic mass is 9.69. The predicted octanol–water partition coefficient (Wildman–Crippen LogP) is 4.96. The summed E-state index contributed by atoms with van der Waals surface area (Å²) in [5.41, 5.74) is 0.920. The van der Waals surface area contributed by atoms with Crippen LogP contribution in [0.5, 0.6) is 0 Å². The Bertz CT molecular complexity index is 244. The van der Waals surface area contributed by atoms with Crippen LogP contribution in [0.2, 0.25) is 0 Å². The van der Waals surface area contributed by atoms with Gasteiger partial charge in [-0.2, -0.15) is 0 Å². The summed E-state index contributed by atoms with van der Waals surface area (Å²) in [6, 6.07) is 0. The molecule has 0 atom stereocenters. The minimum absolute atomic E-state index is 0.396. The third-order valence-corrected chi connectivity index (χ3v) is 5.26. The van der Waals surface area contributed by atoms with Crippen molar-refractivity contribution < 1.29 is 0 Å². The van der Waals surface area contributed by atoms with Crippen LogP contribution in [0.1, 0.15) is 74.1 Å². The molecule has 0 aromatic heterocycles. The van der Waals surface area contributed by atoms with Crippen molar-refractivity contribution >= 4 is 0 Å². The highest BCUT2D eigenvalue weighted by atomic mass is 15.2. The maximum Gasteiger partial charge on any atom is 0.0150 e. The van der Waals surface area contributed by atoms with Crippen molar-refractivity contribution in [2.24, 2.45) is 17.3 Å². The summed E-state index contributed by atoms with van der Waals surface area (Å²) < 4.78 is 0. The maximum atomic E-state index is 2.70. The molecule has 0 aromatic rings. The van der Waals surface area contributed by atoms with E-state index in [1.54, 1.807) is 0 Å². The van der Waals surface area contributed by atoms with Crippen LogP contribution in [0.25, 0.3) is 0 Å². The van der Waals surface area contributed by atoms with Gasteiger partial charge >= 0.3 is 0 Å². The number of piperidine rings is 1. The molecule has 0 unspecified atom stereocenters. The predicted molar refractivity (Wildman–Crippen MR) is 81.9 cm³/mol.